The van der Waals surface area contributed by atoms with Crippen LogP contribution in [0.3, 0.4) is 0 Å². The number of hydrogen-bond donors (Lipinski definition) is 1. The van der Waals surface area contributed by atoms with Crippen LogP contribution in [0.2, 0.25) is 0 Å². The number of carbonyl (C=O) groups is 2. The van der Waals surface area contributed by atoms with Crippen molar-refractivity contribution in [3.05, 3.63) is 24.3 Å². The lowest BCUT2D eigenvalue weighted by atomic mass is 10.2. The van der Waals surface area contributed by atoms with E-state index in [-0.39, 0.29) is 30.4 Å². The molecule has 1 aromatic rings. The second-order valence-corrected chi connectivity index (χ2v) is 5.78. The van der Waals surface area contributed by atoms with E-state index in [9.17, 15) is 9.59 Å². The number of hydrogen-bond acceptors (Lipinski definition) is 3. The van der Waals surface area contributed by atoms with Gasteiger partial charge in [-0.05, 0) is 39.8 Å². The lowest BCUT2D eigenvalue weighted by molar-refractivity contribution is -0.121. The summed E-state index contributed by atoms with van der Waals surface area (Å²) < 4.78 is 5.75. The Morgan fingerprint density at radius 2 is 1.82 bits per heavy atom. The van der Waals surface area contributed by atoms with Crippen LogP contribution in [0.25, 0.3) is 0 Å². The third-order valence-corrected chi connectivity index (χ3v) is 2.91. The minimum Gasteiger partial charge on any atom is -0.489 e. The summed E-state index contributed by atoms with van der Waals surface area (Å²) >= 11 is 0. The number of rotatable bonds is 7. The zero-order valence-corrected chi connectivity index (χ0v) is 14.1. The van der Waals surface area contributed by atoms with Crippen LogP contribution in [-0.4, -0.2) is 30.5 Å². The van der Waals surface area contributed by atoms with E-state index in [0.29, 0.717) is 18.0 Å². The first-order valence-corrected chi connectivity index (χ1v) is 7.64. The third kappa shape index (κ3) is 5.76. The van der Waals surface area contributed by atoms with Crippen LogP contribution in [0.15, 0.2) is 24.3 Å². The average Bonchev–Trinajstić information content (AvgIpc) is 2.38. The van der Waals surface area contributed by atoms with Crippen LogP contribution in [0.5, 0.6) is 5.75 Å². The van der Waals surface area contributed by atoms with Gasteiger partial charge >= 0.3 is 0 Å². The number of anilines is 1. The fourth-order valence-corrected chi connectivity index (χ4v) is 2.09. The van der Waals surface area contributed by atoms with Gasteiger partial charge in [-0.3, -0.25) is 9.59 Å². The summed E-state index contributed by atoms with van der Waals surface area (Å²) in [7, 11) is 0. The molecule has 0 fully saturated rings. The first-order chi connectivity index (χ1) is 10.3. The van der Waals surface area contributed by atoms with Gasteiger partial charge in [-0.1, -0.05) is 12.1 Å². The predicted octanol–water partition coefficient (Wildman–Crippen LogP) is 2.74. The van der Waals surface area contributed by atoms with Crippen molar-refractivity contribution in [1.82, 2.24) is 5.32 Å². The van der Waals surface area contributed by atoms with Gasteiger partial charge in [0.25, 0.3) is 0 Å². The summed E-state index contributed by atoms with van der Waals surface area (Å²) in [6.45, 7) is 9.51. The Balaban J connectivity index is 2.87. The molecule has 0 aliphatic heterocycles. The van der Waals surface area contributed by atoms with Crippen molar-refractivity contribution in [1.29, 1.82) is 0 Å². The number of para-hydroxylation sites is 2. The number of amides is 2. The van der Waals surface area contributed by atoms with Crippen LogP contribution in [0.4, 0.5) is 5.69 Å². The molecule has 2 amide bonds. The molecule has 0 radical (unpaired) electrons. The molecule has 0 spiro atoms. The van der Waals surface area contributed by atoms with E-state index in [0.717, 1.165) is 0 Å². The standard InChI is InChI=1S/C17H26N2O3/c1-12(2)18-17(21)10-11-19(14(5)20)15-8-6-7-9-16(15)22-13(3)4/h6-9,12-13H,10-11H2,1-5H3,(H,18,21). The molecule has 22 heavy (non-hydrogen) atoms. The smallest absolute Gasteiger partial charge is 0.223 e. The number of nitrogens with zero attached hydrogens (tertiary/aromatic N) is 1. The van der Waals surface area contributed by atoms with Crippen molar-refractivity contribution in [2.24, 2.45) is 0 Å². The highest BCUT2D eigenvalue weighted by Gasteiger charge is 2.18. The van der Waals surface area contributed by atoms with Crippen LogP contribution in [0, 0.1) is 0 Å². The first-order valence-electron chi connectivity index (χ1n) is 7.64. The Bertz CT molecular complexity index is 512. The maximum absolute atomic E-state index is 12.0. The molecule has 1 aromatic carbocycles. The Morgan fingerprint density at radius 3 is 2.36 bits per heavy atom. The maximum atomic E-state index is 12.0. The maximum Gasteiger partial charge on any atom is 0.223 e. The number of nitrogens with one attached hydrogen (secondary N) is 1. The molecule has 0 aromatic heterocycles. The van der Waals surface area contributed by atoms with Crippen LogP contribution >= 0.6 is 0 Å². The van der Waals surface area contributed by atoms with Crippen molar-refractivity contribution in [3.8, 4) is 5.75 Å². The second-order valence-electron chi connectivity index (χ2n) is 5.78. The summed E-state index contributed by atoms with van der Waals surface area (Å²) in [5.74, 6) is 0.470. The van der Waals surface area contributed by atoms with E-state index in [4.69, 9.17) is 4.74 Å². The molecular formula is C17H26N2O3. The van der Waals surface area contributed by atoms with Gasteiger partial charge in [0.2, 0.25) is 11.8 Å². The van der Waals surface area contributed by atoms with Gasteiger partial charge in [-0.2, -0.15) is 0 Å². The molecule has 1 N–H and O–H groups in total. The van der Waals surface area contributed by atoms with Crippen LogP contribution in [-0.2, 0) is 9.59 Å². The number of ether oxygens (including phenoxy) is 1. The Kier molecular flexibility index (Phi) is 6.89. The van der Waals surface area contributed by atoms with Crippen LogP contribution in [0.1, 0.15) is 41.0 Å². The highest BCUT2D eigenvalue weighted by molar-refractivity contribution is 5.93. The van der Waals surface area contributed by atoms with Crippen molar-refractivity contribution < 1.29 is 14.3 Å². The highest BCUT2D eigenvalue weighted by atomic mass is 16.5. The molecule has 1 rings (SSSR count). The van der Waals surface area contributed by atoms with E-state index in [1.165, 1.54) is 6.92 Å². The molecule has 0 bridgehead atoms. The fourth-order valence-electron chi connectivity index (χ4n) is 2.09. The monoisotopic (exact) mass is 306 g/mol. The Morgan fingerprint density at radius 1 is 1.18 bits per heavy atom. The lowest BCUT2D eigenvalue weighted by Gasteiger charge is -2.24. The van der Waals surface area contributed by atoms with E-state index in [2.05, 4.69) is 5.32 Å². The second kappa shape index (κ2) is 8.41. The zero-order valence-electron chi connectivity index (χ0n) is 14.1. The molecule has 0 saturated carbocycles. The van der Waals surface area contributed by atoms with Gasteiger partial charge in [-0.15, -0.1) is 0 Å². The van der Waals surface area contributed by atoms with E-state index in [1.54, 1.807) is 4.90 Å². The van der Waals surface area contributed by atoms with Gasteiger partial charge in [0, 0.05) is 25.9 Å². The quantitative estimate of drug-likeness (QED) is 0.842. The van der Waals surface area contributed by atoms with Gasteiger partial charge in [0.05, 0.1) is 11.8 Å². The molecule has 122 valence electrons. The van der Waals surface area contributed by atoms with E-state index >= 15 is 0 Å². The molecule has 0 aliphatic rings. The van der Waals surface area contributed by atoms with Gasteiger partial charge < -0.3 is 15.0 Å². The normalized spacial score (nSPS) is 10.7. The SMILES string of the molecule is CC(=O)N(CCC(=O)NC(C)C)c1ccccc1OC(C)C. The minimum atomic E-state index is -0.114. The summed E-state index contributed by atoms with van der Waals surface area (Å²) in [6, 6.07) is 7.48. The molecule has 0 aliphatic carbocycles. The third-order valence-electron chi connectivity index (χ3n) is 2.91. The molecular weight excluding hydrogens is 280 g/mol. The Hall–Kier alpha value is -2.04. The summed E-state index contributed by atoms with van der Waals surface area (Å²) in [6.07, 6.45) is 0.271. The first kappa shape index (κ1) is 18.0. The molecule has 0 heterocycles. The minimum absolute atomic E-state index is 0.0131. The van der Waals surface area contributed by atoms with Gasteiger partial charge in [-0.25, -0.2) is 0 Å². The lowest BCUT2D eigenvalue weighted by Crippen LogP contribution is -2.36. The molecule has 0 saturated heterocycles. The summed E-state index contributed by atoms with van der Waals surface area (Å²) in [5.41, 5.74) is 0.695. The number of benzene rings is 1. The van der Waals surface area contributed by atoms with Gasteiger partial charge in [0.15, 0.2) is 0 Å². The van der Waals surface area contributed by atoms with Crippen molar-refractivity contribution in [2.75, 3.05) is 11.4 Å². The largest absolute Gasteiger partial charge is 0.489 e. The summed E-state index contributed by atoms with van der Waals surface area (Å²) in [5, 5.41) is 2.83. The van der Waals surface area contributed by atoms with Crippen molar-refractivity contribution in [3.63, 3.8) is 0 Å². The predicted molar refractivity (Wildman–Crippen MR) is 88.1 cm³/mol. The fraction of sp³-hybridized carbons (Fsp3) is 0.529. The molecule has 5 heteroatoms. The highest BCUT2D eigenvalue weighted by Crippen LogP contribution is 2.29. The van der Waals surface area contributed by atoms with E-state index < -0.39 is 0 Å². The van der Waals surface area contributed by atoms with Gasteiger partial charge in [0.1, 0.15) is 5.75 Å². The number of carbonyl (C=O) groups excluding carboxylic acids is 2. The molecule has 0 atom stereocenters. The molecule has 0 unspecified atom stereocenters. The topological polar surface area (TPSA) is 58.6 Å². The van der Waals surface area contributed by atoms with Crippen LogP contribution < -0.4 is 15.0 Å². The average molecular weight is 306 g/mol. The molecule has 5 nitrogen and oxygen atoms in total. The van der Waals surface area contributed by atoms with Crippen molar-refractivity contribution >= 4 is 17.5 Å². The van der Waals surface area contributed by atoms with E-state index in [1.807, 2.05) is 52.0 Å². The zero-order chi connectivity index (χ0) is 16.7. The Labute approximate surface area is 132 Å². The summed E-state index contributed by atoms with van der Waals surface area (Å²) in [4.78, 5) is 25.3. The van der Waals surface area contributed by atoms with Crippen molar-refractivity contribution in [2.45, 2.75) is 53.2 Å².